The van der Waals surface area contributed by atoms with Crippen LogP contribution in [0.5, 0.6) is 0 Å². The van der Waals surface area contributed by atoms with Gasteiger partial charge < -0.3 is 10.4 Å². The summed E-state index contributed by atoms with van der Waals surface area (Å²) in [5.74, 6) is -0.747. The Hall–Kier alpha value is -2.18. The van der Waals surface area contributed by atoms with E-state index in [0.29, 0.717) is 12.1 Å². The zero-order valence-corrected chi connectivity index (χ0v) is 15.8. The van der Waals surface area contributed by atoms with Crippen molar-refractivity contribution in [1.82, 2.24) is 20.0 Å². The molecule has 0 atom stereocenters. The molecule has 1 aromatic carbocycles. The van der Waals surface area contributed by atoms with Crippen molar-refractivity contribution in [2.75, 3.05) is 13.1 Å². The molecule has 0 spiro atoms. The summed E-state index contributed by atoms with van der Waals surface area (Å²) in [7, 11) is 1.97. The number of aryl methyl sites for hydroxylation is 2. The number of aromatic nitrogens is 2. The van der Waals surface area contributed by atoms with Gasteiger partial charge in [0.25, 0.3) is 0 Å². The summed E-state index contributed by atoms with van der Waals surface area (Å²) in [5.41, 5.74) is 4.84. The molecule has 0 radical (unpaired) electrons. The van der Waals surface area contributed by atoms with Gasteiger partial charge in [0.05, 0.1) is 12.2 Å². The van der Waals surface area contributed by atoms with E-state index >= 15 is 0 Å². The molecule has 1 aliphatic rings. The molecule has 0 saturated heterocycles. The molecule has 1 saturated carbocycles. The summed E-state index contributed by atoms with van der Waals surface area (Å²) >= 11 is 0. The van der Waals surface area contributed by atoms with Crippen LogP contribution in [0.25, 0.3) is 11.3 Å². The van der Waals surface area contributed by atoms with Gasteiger partial charge in [-0.05, 0) is 44.0 Å². The Bertz CT molecular complexity index is 765. The molecule has 0 unspecified atom stereocenters. The fourth-order valence-corrected chi connectivity index (χ4v) is 3.70. The summed E-state index contributed by atoms with van der Waals surface area (Å²) in [6, 6.07) is 9.41. The lowest BCUT2D eigenvalue weighted by atomic mass is 9.85. The number of nitrogens with zero attached hydrogens (tertiary/aromatic N) is 3. The molecule has 6 heteroatoms. The van der Waals surface area contributed by atoms with Crippen LogP contribution in [-0.2, 0) is 18.4 Å². The van der Waals surface area contributed by atoms with Crippen LogP contribution in [0.2, 0.25) is 0 Å². The molecular formula is C20H28N4O2. The van der Waals surface area contributed by atoms with Gasteiger partial charge in [0, 0.05) is 37.4 Å². The van der Waals surface area contributed by atoms with Gasteiger partial charge in [0.15, 0.2) is 0 Å². The van der Waals surface area contributed by atoms with E-state index in [0.717, 1.165) is 31.6 Å². The first-order valence-corrected chi connectivity index (χ1v) is 9.25. The van der Waals surface area contributed by atoms with Crippen molar-refractivity contribution in [3.63, 3.8) is 0 Å². The Balaban J connectivity index is 1.60. The second-order valence-electron chi connectivity index (χ2n) is 7.16. The molecule has 6 nitrogen and oxygen atoms in total. The zero-order valence-electron chi connectivity index (χ0n) is 15.8. The van der Waals surface area contributed by atoms with Gasteiger partial charge in [-0.1, -0.05) is 24.6 Å². The van der Waals surface area contributed by atoms with E-state index in [1.807, 2.05) is 35.8 Å². The van der Waals surface area contributed by atoms with E-state index in [9.17, 15) is 4.79 Å². The molecule has 1 aliphatic carbocycles. The Morgan fingerprint density at radius 2 is 2.15 bits per heavy atom. The van der Waals surface area contributed by atoms with E-state index in [2.05, 4.69) is 35.5 Å². The van der Waals surface area contributed by atoms with Gasteiger partial charge >= 0.3 is 5.97 Å². The monoisotopic (exact) mass is 356 g/mol. The fourth-order valence-electron chi connectivity index (χ4n) is 3.70. The first-order valence-electron chi connectivity index (χ1n) is 9.25. The van der Waals surface area contributed by atoms with E-state index in [1.165, 1.54) is 16.7 Å². The Labute approximate surface area is 154 Å². The van der Waals surface area contributed by atoms with Crippen LogP contribution in [0.15, 0.2) is 30.5 Å². The van der Waals surface area contributed by atoms with E-state index < -0.39 is 5.97 Å². The summed E-state index contributed by atoms with van der Waals surface area (Å²) in [6.45, 7) is 5.86. The lowest BCUT2D eigenvalue weighted by Crippen LogP contribution is -2.53. The molecule has 1 aromatic heterocycles. The molecule has 0 aliphatic heterocycles. The number of benzene rings is 1. The van der Waals surface area contributed by atoms with Gasteiger partial charge in [0.1, 0.15) is 0 Å². The third-order valence-electron chi connectivity index (χ3n) is 5.32. The van der Waals surface area contributed by atoms with E-state index in [4.69, 9.17) is 5.11 Å². The van der Waals surface area contributed by atoms with Crippen LogP contribution in [0.3, 0.4) is 0 Å². The van der Waals surface area contributed by atoms with Gasteiger partial charge in [-0.3, -0.25) is 14.4 Å². The van der Waals surface area contributed by atoms with Crippen LogP contribution < -0.4 is 5.32 Å². The molecule has 26 heavy (non-hydrogen) atoms. The van der Waals surface area contributed by atoms with Crippen molar-refractivity contribution in [2.24, 2.45) is 7.05 Å². The quantitative estimate of drug-likeness (QED) is 0.760. The molecule has 3 rings (SSSR count). The second kappa shape index (κ2) is 8.01. The molecule has 140 valence electrons. The van der Waals surface area contributed by atoms with Crippen molar-refractivity contribution in [1.29, 1.82) is 0 Å². The number of rotatable bonds is 8. The standard InChI is InChI=1S/C20H28N4O2/c1-4-24(13-20(25)26)17-10-16(11-17)21-12-15-6-5-14(2)9-18(15)19-7-8-22-23(19)3/h5-9,16-17,21H,4,10-13H2,1-3H3,(H,25,26). The van der Waals surface area contributed by atoms with Crippen molar-refractivity contribution in [3.05, 3.63) is 41.6 Å². The Morgan fingerprint density at radius 3 is 2.77 bits per heavy atom. The summed E-state index contributed by atoms with van der Waals surface area (Å²) < 4.78 is 1.91. The highest BCUT2D eigenvalue weighted by Crippen LogP contribution is 2.28. The highest BCUT2D eigenvalue weighted by atomic mass is 16.4. The average Bonchev–Trinajstić information content (AvgIpc) is 2.98. The van der Waals surface area contributed by atoms with Crippen LogP contribution in [0.1, 0.15) is 30.9 Å². The largest absolute Gasteiger partial charge is 0.480 e. The topological polar surface area (TPSA) is 70.4 Å². The summed E-state index contributed by atoms with van der Waals surface area (Å²) in [4.78, 5) is 13.0. The molecule has 0 amide bonds. The third kappa shape index (κ3) is 4.14. The number of carboxylic acids is 1. The van der Waals surface area contributed by atoms with Crippen LogP contribution >= 0.6 is 0 Å². The fraction of sp³-hybridized carbons (Fsp3) is 0.500. The molecule has 1 fully saturated rings. The van der Waals surface area contributed by atoms with Crippen molar-refractivity contribution >= 4 is 5.97 Å². The number of hydrogen-bond acceptors (Lipinski definition) is 4. The second-order valence-corrected chi connectivity index (χ2v) is 7.16. The third-order valence-corrected chi connectivity index (χ3v) is 5.32. The molecule has 2 aromatic rings. The lowest BCUT2D eigenvalue weighted by Gasteiger charge is -2.42. The number of hydrogen-bond donors (Lipinski definition) is 2. The Kier molecular flexibility index (Phi) is 5.74. The summed E-state index contributed by atoms with van der Waals surface area (Å²) in [6.07, 6.45) is 3.84. The highest BCUT2D eigenvalue weighted by Gasteiger charge is 2.33. The molecule has 1 heterocycles. The maximum Gasteiger partial charge on any atom is 0.317 e. The smallest absolute Gasteiger partial charge is 0.317 e. The zero-order chi connectivity index (χ0) is 18.7. The number of aliphatic carboxylic acids is 1. The van der Waals surface area contributed by atoms with Gasteiger partial charge in [-0.25, -0.2) is 0 Å². The van der Waals surface area contributed by atoms with Crippen LogP contribution in [0.4, 0.5) is 0 Å². The van der Waals surface area contributed by atoms with Crippen molar-refractivity contribution < 1.29 is 9.90 Å². The molecule has 0 bridgehead atoms. The normalized spacial score (nSPS) is 19.5. The lowest BCUT2D eigenvalue weighted by molar-refractivity contribution is -0.139. The molecular weight excluding hydrogens is 328 g/mol. The first-order chi connectivity index (χ1) is 12.5. The van der Waals surface area contributed by atoms with Crippen molar-refractivity contribution in [2.45, 2.75) is 45.3 Å². The first kappa shape index (κ1) is 18.6. The highest BCUT2D eigenvalue weighted by molar-refractivity contribution is 5.69. The Morgan fingerprint density at radius 1 is 1.38 bits per heavy atom. The van der Waals surface area contributed by atoms with Crippen LogP contribution in [-0.4, -0.2) is 50.9 Å². The minimum Gasteiger partial charge on any atom is -0.480 e. The van der Waals surface area contributed by atoms with Gasteiger partial charge in [-0.2, -0.15) is 5.10 Å². The number of nitrogens with one attached hydrogen (secondary N) is 1. The van der Waals surface area contributed by atoms with E-state index in [1.54, 1.807) is 0 Å². The minimum absolute atomic E-state index is 0.135. The predicted octanol–water partition coefficient (Wildman–Crippen LogP) is 2.42. The molecule has 2 N–H and O–H groups in total. The van der Waals surface area contributed by atoms with Crippen LogP contribution in [0, 0.1) is 6.92 Å². The SMILES string of the molecule is CCN(CC(=O)O)C1CC(NCc2ccc(C)cc2-c2ccnn2C)C1. The number of carboxylic acid groups (broad SMARTS) is 1. The number of carbonyl (C=O) groups is 1. The number of likely N-dealkylation sites (N-methyl/N-ethyl adjacent to an activating group) is 1. The predicted molar refractivity (Wildman–Crippen MR) is 102 cm³/mol. The average molecular weight is 356 g/mol. The summed E-state index contributed by atoms with van der Waals surface area (Å²) in [5, 5.41) is 16.9. The van der Waals surface area contributed by atoms with Crippen molar-refractivity contribution in [3.8, 4) is 11.3 Å². The van der Waals surface area contributed by atoms with Gasteiger partial charge in [0.2, 0.25) is 0 Å². The maximum atomic E-state index is 10.9. The van der Waals surface area contributed by atoms with Gasteiger partial charge in [-0.15, -0.1) is 0 Å². The van der Waals surface area contributed by atoms with E-state index in [-0.39, 0.29) is 6.54 Å². The minimum atomic E-state index is -0.747. The maximum absolute atomic E-state index is 10.9.